The van der Waals surface area contributed by atoms with Crippen LogP contribution in [0.5, 0.6) is 0 Å². The van der Waals surface area contributed by atoms with Crippen LogP contribution in [-0.4, -0.2) is 11.9 Å². The summed E-state index contributed by atoms with van der Waals surface area (Å²) in [6.07, 6.45) is 1.57. The Morgan fingerprint density at radius 2 is 1.66 bits per heavy atom. The van der Waals surface area contributed by atoms with Crippen molar-refractivity contribution in [2.24, 2.45) is 5.73 Å². The highest BCUT2D eigenvalue weighted by molar-refractivity contribution is 5.95. The summed E-state index contributed by atoms with van der Waals surface area (Å²) in [4.78, 5) is 12.0. The first-order valence-electron chi connectivity index (χ1n) is 9.19. The van der Waals surface area contributed by atoms with Gasteiger partial charge in [-0.3, -0.25) is 4.79 Å². The summed E-state index contributed by atoms with van der Waals surface area (Å²) in [6, 6.07) is 16.7. The molecule has 1 aliphatic rings. The van der Waals surface area contributed by atoms with E-state index in [2.05, 4.69) is 5.32 Å². The summed E-state index contributed by atoms with van der Waals surface area (Å²) >= 11 is 0. The highest BCUT2D eigenvalue weighted by atomic mass is 35.5. The second kappa shape index (κ2) is 8.72. The maximum absolute atomic E-state index is 13.5. The average Bonchev–Trinajstić information content (AvgIpc) is 3.08. The minimum absolute atomic E-state index is 0. The van der Waals surface area contributed by atoms with E-state index in [0.29, 0.717) is 17.7 Å². The first-order chi connectivity index (χ1) is 13.5. The minimum atomic E-state index is -0.521. The fourth-order valence-corrected chi connectivity index (χ4v) is 3.79. The Bertz CT molecular complexity index is 1050. The standard InChI is InChI=1S/C23H20F2N2O.ClH/c24-19-3-1-2-14(8-19)16-4-5-17(22(12-16)23(26)28)13-27-21-10-15-6-7-20(25)9-18(15)11-21;/h1-9,12,21,27H,10-11,13H2,(H2,26,28);1H/t21-;/m1./s1. The number of primary amides is 1. The number of carbonyl (C=O) groups is 1. The van der Waals surface area contributed by atoms with Gasteiger partial charge in [0, 0.05) is 18.2 Å². The zero-order valence-electron chi connectivity index (χ0n) is 15.6. The topological polar surface area (TPSA) is 55.1 Å². The van der Waals surface area contributed by atoms with Crippen LogP contribution in [0.3, 0.4) is 0 Å². The van der Waals surface area contributed by atoms with E-state index < -0.39 is 5.91 Å². The first-order valence-corrected chi connectivity index (χ1v) is 9.19. The summed E-state index contributed by atoms with van der Waals surface area (Å²) in [5.41, 5.74) is 10.4. The fourth-order valence-electron chi connectivity index (χ4n) is 3.79. The van der Waals surface area contributed by atoms with Gasteiger partial charge in [0.25, 0.3) is 0 Å². The summed E-state index contributed by atoms with van der Waals surface area (Å²) in [5.74, 6) is -1.07. The van der Waals surface area contributed by atoms with Crippen molar-refractivity contribution in [1.29, 1.82) is 0 Å². The van der Waals surface area contributed by atoms with E-state index in [4.69, 9.17) is 5.73 Å². The maximum Gasteiger partial charge on any atom is 0.249 e. The Morgan fingerprint density at radius 1 is 0.931 bits per heavy atom. The number of nitrogens with one attached hydrogen (secondary N) is 1. The second-order valence-electron chi connectivity index (χ2n) is 7.15. The SMILES string of the molecule is Cl.NC(=O)c1cc(-c2cccc(F)c2)ccc1CN[C@@H]1Cc2ccc(F)cc2C1. The van der Waals surface area contributed by atoms with E-state index in [9.17, 15) is 13.6 Å². The van der Waals surface area contributed by atoms with Crippen molar-refractivity contribution >= 4 is 18.3 Å². The summed E-state index contributed by atoms with van der Waals surface area (Å²) in [5, 5.41) is 3.44. The molecule has 29 heavy (non-hydrogen) atoms. The van der Waals surface area contributed by atoms with Crippen molar-refractivity contribution in [3.8, 4) is 11.1 Å². The Labute approximate surface area is 174 Å². The van der Waals surface area contributed by atoms with Gasteiger partial charge in [0.1, 0.15) is 11.6 Å². The number of hydrogen-bond donors (Lipinski definition) is 2. The second-order valence-corrected chi connectivity index (χ2v) is 7.15. The molecule has 0 fully saturated rings. The van der Waals surface area contributed by atoms with Crippen LogP contribution in [0, 0.1) is 11.6 Å². The van der Waals surface area contributed by atoms with Gasteiger partial charge in [-0.15, -0.1) is 12.4 Å². The van der Waals surface area contributed by atoms with Crippen LogP contribution in [0.25, 0.3) is 11.1 Å². The molecule has 0 heterocycles. The molecule has 6 heteroatoms. The Balaban J connectivity index is 0.00000240. The van der Waals surface area contributed by atoms with Gasteiger partial charge >= 0.3 is 0 Å². The van der Waals surface area contributed by atoms with Crippen molar-refractivity contribution in [2.45, 2.75) is 25.4 Å². The predicted octanol–water partition coefficient (Wildman–Crippen LogP) is 4.41. The number of rotatable bonds is 5. The molecule has 0 unspecified atom stereocenters. The molecule has 1 atom stereocenters. The predicted molar refractivity (Wildman–Crippen MR) is 112 cm³/mol. The molecular formula is C23H21ClF2N2O. The molecule has 0 aromatic heterocycles. The lowest BCUT2D eigenvalue weighted by Gasteiger charge is -2.15. The van der Waals surface area contributed by atoms with Gasteiger partial charge in [0.15, 0.2) is 0 Å². The van der Waals surface area contributed by atoms with E-state index >= 15 is 0 Å². The van der Waals surface area contributed by atoms with Crippen molar-refractivity contribution in [2.75, 3.05) is 0 Å². The van der Waals surface area contributed by atoms with Crippen LogP contribution in [0.2, 0.25) is 0 Å². The van der Waals surface area contributed by atoms with Crippen molar-refractivity contribution in [1.82, 2.24) is 5.32 Å². The normalized spacial score (nSPS) is 14.9. The highest BCUT2D eigenvalue weighted by Gasteiger charge is 2.22. The van der Waals surface area contributed by atoms with Crippen molar-refractivity contribution < 1.29 is 13.6 Å². The van der Waals surface area contributed by atoms with Crippen LogP contribution in [0.1, 0.15) is 27.0 Å². The third-order valence-corrected chi connectivity index (χ3v) is 5.22. The van der Waals surface area contributed by atoms with Crippen LogP contribution in [0.4, 0.5) is 8.78 Å². The first kappa shape index (κ1) is 21.0. The van der Waals surface area contributed by atoms with Crippen LogP contribution >= 0.6 is 12.4 Å². The third-order valence-electron chi connectivity index (χ3n) is 5.22. The van der Waals surface area contributed by atoms with Gasteiger partial charge in [0.05, 0.1) is 0 Å². The lowest BCUT2D eigenvalue weighted by molar-refractivity contribution is 0.0999. The van der Waals surface area contributed by atoms with Crippen LogP contribution in [0.15, 0.2) is 60.7 Å². The van der Waals surface area contributed by atoms with Gasteiger partial charge in [0.2, 0.25) is 5.91 Å². The Hall–Kier alpha value is -2.76. The molecular weight excluding hydrogens is 394 g/mol. The average molecular weight is 415 g/mol. The number of halogens is 3. The molecule has 3 N–H and O–H groups in total. The zero-order chi connectivity index (χ0) is 19.7. The van der Waals surface area contributed by atoms with E-state index in [1.165, 1.54) is 18.2 Å². The largest absolute Gasteiger partial charge is 0.366 e. The molecule has 0 saturated heterocycles. The van der Waals surface area contributed by atoms with Crippen LogP contribution < -0.4 is 11.1 Å². The molecule has 0 spiro atoms. The van der Waals surface area contributed by atoms with Crippen molar-refractivity contribution in [3.63, 3.8) is 0 Å². The van der Waals surface area contributed by atoms with Crippen molar-refractivity contribution in [3.05, 3.63) is 94.6 Å². The molecule has 1 aliphatic carbocycles. The van der Waals surface area contributed by atoms with Crippen LogP contribution in [-0.2, 0) is 19.4 Å². The van der Waals surface area contributed by atoms with E-state index in [0.717, 1.165) is 35.1 Å². The van der Waals surface area contributed by atoms with Gasteiger partial charge in [-0.2, -0.15) is 0 Å². The van der Waals surface area contributed by atoms with Gasteiger partial charge < -0.3 is 11.1 Å². The molecule has 1 amide bonds. The number of carbonyl (C=O) groups excluding carboxylic acids is 1. The molecule has 0 aliphatic heterocycles. The molecule has 0 bridgehead atoms. The smallest absolute Gasteiger partial charge is 0.249 e. The summed E-state index contributed by atoms with van der Waals surface area (Å²) < 4.78 is 26.9. The molecule has 3 aromatic carbocycles. The Morgan fingerprint density at radius 3 is 2.41 bits per heavy atom. The van der Waals surface area contributed by atoms with Gasteiger partial charge in [-0.1, -0.05) is 30.3 Å². The van der Waals surface area contributed by atoms with Gasteiger partial charge in [-0.25, -0.2) is 8.78 Å². The number of fused-ring (bicyclic) bond motifs is 1. The van der Waals surface area contributed by atoms with Gasteiger partial charge in [-0.05, 0) is 71.0 Å². The molecule has 3 aromatic rings. The fraction of sp³-hybridized carbons (Fsp3) is 0.174. The van der Waals surface area contributed by atoms with E-state index in [1.54, 1.807) is 24.3 Å². The molecule has 0 radical (unpaired) electrons. The number of benzene rings is 3. The zero-order valence-corrected chi connectivity index (χ0v) is 16.4. The molecule has 4 rings (SSSR count). The third kappa shape index (κ3) is 4.63. The lowest BCUT2D eigenvalue weighted by atomic mass is 9.98. The molecule has 150 valence electrons. The quantitative estimate of drug-likeness (QED) is 0.649. The van der Waals surface area contributed by atoms with E-state index in [-0.39, 0.29) is 30.1 Å². The van der Waals surface area contributed by atoms with E-state index in [1.807, 2.05) is 18.2 Å². The summed E-state index contributed by atoms with van der Waals surface area (Å²) in [7, 11) is 0. The lowest BCUT2D eigenvalue weighted by Crippen LogP contribution is -2.30. The number of nitrogens with two attached hydrogens (primary N) is 1. The highest BCUT2D eigenvalue weighted by Crippen LogP contribution is 2.25. The maximum atomic E-state index is 13.5. The Kier molecular flexibility index (Phi) is 6.30. The monoisotopic (exact) mass is 414 g/mol. The number of hydrogen-bond acceptors (Lipinski definition) is 2. The summed E-state index contributed by atoms with van der Waals surface area (Å²) in [6.45, 7) is 0.475. The molecule has 3 nitrogen and oxygen atoms in total. The number of amides is 1. The minimum Gasteiger partial charge on any atom is -0.366 e. The molecule has 0 saturated carbocycles.